The minimum atomic E-state index is -0.231. The van der Waals surface area contributed by atoms with E-state index >= 15 is 0 Å². The van der Waals surface area contributed by atoms with Crippen LogP contribution in [0.3, 0.4) is 0 Å². The number of carbonyl (C=O) groups is 1. The van der Waals surface area contributed by atoms with Gasteiger partial charge in [-0.1, -0.05) is 0 Å². The van der Waals surface area contributed by atoms with Gasteiger partial charge in [-0.2, -0.15) is 0 Å². The van der Waals surface area contributed by atoms with Crippen molar-refractivity contribution in [1.82, 2.24) is 0 Å². The first kappa shape index (κ1) is 6.88. The highest BCUT2D eigenvalue weighted by molar-refractivity contribution is 5.87. The monoisotopic (exact) mass is 136 g/mol. The molecule has 2 nitrogen and oxygen atoms in total. The molecule has 1 atom stereocenters. The molecule has 0 aromatic rings. The highest BCUT2D eigenvalue weighted by Gasteiger charge is 2.23. The van der Waals surface area contributed by atoms with Gasteiger partial charge in [-0.3, -0.25) is 4.79 Å². The fourth-order valence-corrected chi connectivity index (χ4v) is 0.993. The van der Waals surface area contributed by atoms with Crippen LogP contribution < -0.4 is 0 Å². The van der Waals surface area contributed by atoms with E-state index in [4.69, 9.17) is 11.5 Å². The third-order valence-electron chi connectivity index (χ3n) is 1.50. The lowest BCUT2D eigenvalue weighted by atomic mass is 10.1. The Balaban J connectivity index is 2.62. The summed E-state index contributed by atoms with van der Waals surface area (Å²) in [6, 6.07) is 0. The normalized spacial score (nSPS) is 24.1. The number of carbonyl (C=O) groups excluding carboxylic acids is 1. The molecular weight excluding hydrogens is 128 g/mol. The van der Waals surface area contributed by atoms with Gasteiger partial charge in [0.05, 0.1) is 18.1 Å². The lowest BCUT2D eigenvalue weighted by Gasteiger charge is -1.96. The average Bonchev–Trinajstić information content (AvgIpc) is 2.13. The van der Waals surface area contributed by atoms with E-state index in [0.29, 0.717) is 6.42 Å². The fraction of sp³-hybridized carbons (Fsp3) is 0.375. The number of rotatable bonds is 1. The molecule has 1 aliphatic carbocycles. The zero-order valence-electron chi connectivity index (χ0n) is 5.50. The molecule has 0 aliphatic heterocycles. The average molecular weight is 136 g/mol. The van der Waals surface area contributed by atoms with Crippen molar-refractivity contribution in [2.45, 2.75) is 12.8 Å². The van der Waals surface area contributed by atoms with Crippen LogP contribution in [0.1, 0.15) is 12.8 Å². The van der Waals surface area contributed by atoms with Crippen molar-refractivity contribution in [3.8, 4) is 12.3 Å². The van der Waals surface area contributed by atoms with Crippen molar-refractivity contribution in [2.75, 3.05) is 0 Å². The molecule has 1 aliphatic rings. The van der Waals surface area contributed by atoms with E-state index in [2.05, 4.69) is 5.92 Å². The minimum absolute atomic E-state index is 0.0236. The van der Waals surface area contributed by atoms with Crippen LogP contribution in [0.25, 0.3) is 0 Å². The van der Waals surface area contributed by atoms with Crippen LogP contribution in [0.15, 0.2) is 11.8 Å². The van der Waals surface area contributed by atoms with Crippen molar-refractivity contribution in [1.29, 1.82) is 0 Å². The van der Waals surface area contributed by atoms with Gasteiger partial charge < -0.3 is 5.11 Å². The van der Waals surface area contributed by atoms with Gasteiger partial charge in [0.25, 0.3) is 0 Å². The lowest BCUT2D eigenvalue weighted by Crippen LogP contribution is -2.04. The zero-order chi connectivity index (χ0) is 7.56. The van der Waals surface area contributed by atoms with Gasteiger partial charge in [0, 0.05) is 6.42 Å². The minimum Gasteiger partial charge on any atom is -0.512 e. The van der Waals surface area contributed by atoms with Crippen molar-refractivity contribution in [3.63, 3.8) is 0 Å². The highest BCUT2D eigenvalue weighted by atomic mass is 16.3. The Labute approximate surface area is 59.6 Å². The first-order chi connectivity index (χ1) is 4.74. The van der Waals surface area contributed by atoms with E-state index in [1.54, 1.807) is 0 Å². The quantitative estimate of drug-likeness (QED) is 0.547. The van der Waals surface area contributed by atoms with Crippen LogP contribution in [0.4, 0.5) is 0 Å². The van der Waals surface area contributed by atoms with Crippen LogP contribution in [-0.4, -0.2) is 10.9 Å². The molecule has 2 heteroatoms. The summed E-state index contributed by atoms with van der Waals surface area (Å²) in [4.78, 5) is 10.9. The first-order valence-electron chi connectivity index (χ1n) is 3.10. The Morgan fingerprint density at radius 2 is 2.60 bits per heavy atom. The zero-order valence-corrected chi connectivity index (χ0v) is 5.50. The lowest BCUT2D eigenvalue weighted by molar-refractivity contribution is -0.120. The predicted octanol–water partition coefficient (Wildman–Crippen LogP) is 1.04. The molecule has 52 valence electrons. The third-order valence-corrected chi connectivity index (χ3v) is 1.50. The van der Waals surface area contributed by atoms with Gasteiger partial charge in [-0.25, -0.2) is 0 Å². The Bertz CT molecular complexity index is 220. The summed E-state index contributed by atoms with van der Waals surface area (Å²) in [5, 5.41) is 8.87. The predicted molar refractivity (Wildman–Crippen MR) is 37.3 cm³/mol. The maximum absolute atomic E-state index is 10.9. The summed E-state index contributed by atoms with van der Waals surface area (Å²) in [6.45, 7) is 0. The molecule has 0 fully saturated rings. The van der Waals surface area contributed by atoms with Gasteiger partial charge in [0.1, 0.15) is 5.78 Å². The standard InChI is InChI=1S/C8H8O2/c1-2-3-6-4-7(9)5-8(6)10/h1,4,6,9H,3,5H2. The molecule has 10 heavy (non-hydrogen) atoms. The van der Waals surface area contributed by atoms with Gasteiger partial charge in [0.2, 0.25) is 0 Å². The van der Waals surface area contributed by atoms with Gasteiger partial charge >= 0.3 is 0 Å². The van der Waals surface area contributed by atoms with Crippen LogP contribution >= 0.6 is 0 Å². The molecule has 0 saturated heterocycles. The molecule has 0 aromatic heterocycles. The fourth-order valence-electron chi connectivity index (χ4n) is 0.993. The Morgan fingerprint density at radius 1 is 1.90 bits per heavy atom. The second-order valence-electron chi connectivity index (χ2n) is 2.32. The molecule has 1 unspecified atom stereocenters. The summed E-state index contributed by atoms with van der Waals surface area (Å²) in [7, 11) is 0. The number of allylic oxidation sites excluding steroid dienone is 2. The number of aliphatic hydroxyl groups excluding tert-OH is 1. The van der Waals surface area contributed by atoms with E-state index < -0.39 is 0 Å². The van der Waals surface area contributed by atoms with Crippen molar-refractivity contribution < 1.29 is 9.90 Å². The SMILES string of the molecule is C#CCC1C=C(O)CC1=O. The molecule has 0 spiro atoms. The van der Waals surface area contributed by atoms with E-state index in [9.17, 15) is 4.79 Å². The maximum atomic E-state index is 10.9. The van der Waals surface area contributed by atoms with Crippen LogP contribution in [0.2, 0.25) is 0 Å². The Kier molecular flexibility index (Phi) is 1.77. The Morgan fingerprint density at radius 3 is 3.00 bits per heavy atom. The largest absolute Gasteiger partial charge is 0.512 e. The topological polar surface area (TPSA) is 37.3 Å². The number of Topliss-reactive ketones (excluding diaryl/α,β-unsaturated/α-hetero) is 1. The third kappa shape index (κ3) is 1.19. The second kappa shape index (κ2) is 2.57. The van der Waals surface area contributed by atoms with Crippen LogP contribution in [0, 0.1) is 18.3 Å². The second-order valence-corrected chi connectivity index (χ2v) is 2.32. The van der Waals surface area contributed by atoms with Gasteiger partial charge in [0.15, 0.2) is 0 Å². The van der Waals surface area contributed by atoms with Crippen molar-refractivity contribution >= 4 is 5.78 Å². The van der Waals surface area contributed by atoms with Crippen molar-refractivity contribution in [2.24, 2.45) is 5.92 Å². The number of hydrogen-bond donors (Lipinski definition) is 1. The van der Waals surface area contributed by atoms with Crippen LogP contribution in [-0.2, 0) is 4.79 Å². The van der Waals surface area contributed by atoms with Gasteiger partial charge in [-0.15, -0.1) is 12.3 Å². The summed E-state index contributed by atoms with van der Waals surface area (Å²) < 4.78 is 0. The molecule has 0 bridgehead atoms. The summed E-state index contributed by atoms with van der Waals surface area (Å²) in [5.74, 6) is 2.33. The molecule has 0 amide bonds. The van der Waals surface area contributed by atoms with E-state index in [1.807, 2.05) is 0 Å². The molecule has 0 aromatic carbocycles. The molecule has 1 rings (SSSR count). The summed E-state index contributed by atoms with van der Waals surface area (Å²) in [5.41, 5.74) is 0. The summed E-state index contributed by atoms with van der Waals surface area (Å²) in [6.07, 6.45) is 7.10. The van der Waals surface area contributed by atoms with E-state index in [-0.39, 0.29) is 23.9 Å². The highest BCUT2D eigenvalue weighted by Crippen LogP contribution is 2.20. The van der Waals surface area contributed by atoms with E-state index in [1.165, 1.54) is 6.08 Å². The molecule has 0 heterocycles. The smallest absolute Gasteiger partial charge is 0.148 e. The van der Waals surface area contributed by atoms with Crippen LogP contribution in [0.5, 0.6) is 0 Å². The van der Waals surface area contributed by atoms with Gasteiger partial charge in [-0.05, 0) is 6.08 Å². The molecular formula is C8H8O2. The molecule has 0 saturated carbocycles. The summed E-state index contributed by atoms with van der Waals surface area (Å²) >= 11 is 0. The number of ketones is 1. The number of aliphatic hydroxyl groups is 1. The maximum Gasteiger partial charge on any atom is 0.148 e. The molecule has 0 radical (unpaired) electrons. The number of hydrogen-bond acceptors (Lipinski definition) is 2. The molecule has 1 N–H and O–H groups in total. The first-order valence-corrected chi connectivity index (χ1v) is 3.10. The Hall–Kier alpha value is -1.23. The number of terminal acetylenes is 1. The van der Waals surface area contributed by atoms with Crippen molar-refractivity contribution in [3.05, 3.63) is 11.8 Å². The van der Waals surface area contributed by atoms with E-state index in [0.717, 1.165) is 0 Å².